The van der Waals surface area contributed by atoms with Crippen molar-refractivity contribution in [2.45, 2.75) is 46.0 Å². The molecule has 7 aromatic rings. The van der Waals surface area contributed by atoms with Crippen LogP contribution < -0.4 is 0 Å². The zero-order chi connectivity index (χ0) is 34.0. The third kappa shape index (κ3) is 4.91. The van der Waals surface area contributed by atoms with Gasteiger partial charge in [0.1, 0.15) is 11.2 Å². The molecule has 0 bridgehead atoms. The summed E-state index contributed by atoms with van der Waals surface area (Å²) in [6.45, 7) is 9.29. The Labute approximate surface area is 293 Å². The topological polar surface area (TPSA) is 13.1 Å². The summed E-state index contributed by atoms with van der Waals surface area (Å²) in [7, 11) is 0. The number of para-hydroxylation sites is 1. The van der Waals surface area contributed by atoms with Crippen molar-refractivity contribution < 1.29 is 4.42 Å². The van der Waals surface area contributed by atoms with Crippen LogP contribution >= 0.6 is 0 Å². The second-order valence-corrected chi connectivity index (χ2v) is 14.6. The minimum absolute atomic E-state index is 0.0726. The van der Waals surface area contributed by atoms with Gasteiger partial charge in [0.25, 0.3) is 0 Å². The van der Waals surface area contributed by atoms with Crippen molar-refractivity contribution in [1.82, 2.24) is 0 Å². The van der Waals surface area contributed by atoms with E-state index in [-0.39, 0.29) is 5.41 Å². The van der Waals surface area contributed by atoms with Crippen LogP contribution in [-0.2, 0) is 11.8 Å². The first-order valence-electron chi connectivity index (χ1n) is 17.8. The number of furan rings is 1. The van der Waals surface area contributed by atoms with E-state index in [9.17, 15) is 0 Å². The van der Waals surface area contributed by atoms with Crippen LogP contribution in [0.4, 0.5) is 0 Å². The van der Waals surface area contributed by atoms with E-state index in [2.05, 4.69) is 167 Å². The molecule has 0 radical (unpaired) electrons. The highest BCUT2D eigenvalue weighted by Crippen LogP contribution is 2.46. The van der Waals surface area contributed by atoms with Crippen molar-refractivity contribution in [3.05, 3.63) is 179 Å². The van der Waals surface area contributed by atoms with Crippen LogP contribution in [0.2, 0.25) is 0 Å². The maximum absolute atomic E-state index is 6.25. The van der Waals surface area contributed by atoms with Crippen molar-refractivity contribution in [3.63, 3.8) is 0 Å². The molecule has 0 N–H and O–H groups in total. The lowest BCUT2D eigenvalue weighted by molar-refractivity contribution is 0.645. The Morgan fingerprint density at radius 2 is 1.22 bits per heavy atom. The van der Waals surface area contributed by atoms with E-state index in [4.69, 9.17) is 4.42 Å². The van der Waals surface area contributed by atoms with E-state index in [1.54, 1.807) is 0 Å². The van der Waals surface area contributed by atoms with Crippen LogP contribution in [0.15, 0.2) is 161 Å². The van der Waals surface area contributed by atoms with E-state index in [1.165, 1.54) is 87.6 Å². The van der Waals surface area contributed by atoms with Gasteiger partial charge in [0, 0.05) is 16.2 Å². The van der Waals surface area contributed by atoms with Gasteiger partial charge in [0.05, 0.1) is 0 Å². The molecule has 0 amide bonds. The largest absolute Gasteiger partial charge is 0.456 e. The molecule has 0 atom stereocenters. The van der Waals surface area contributed by atoms with E-state index in [0.29, 0.717) is 0 Å². The van der Waals surface area contributed by atoms with Gasteiger partial charge < -0.3 is 4.42 Å². The van der Waals surface area contributed by atoms with Gasteiger partial charge in [0.15, 0.2) is 0 Å². The molecular weight excluding hydrogens is 605 g/mol. The van der Waals surface area contributed by atoms with Crippen LogP contribution in [0, 0.1) is 0 Å². The standard InChI is InChI=1S/C49H40O/c1-31(22-24-33-14-6-5-7-15-33)47-39-17-8-10-19-41(39)48(42-20-11-9-18-40(42)47)32(2)23-25-37-27-36-26-34-28-43-38-16-12-13-21-45(38)50-46(43)30-35(34)29-44(36)49(37,3)4/h5-14,16-26,28-30H,15,27H2,1-4H3/b31-22+,32-23+,33-24-,37-25+. The zero-order valence-electron chi connectivity index (χ0n) is 29.2. The van der Waals surface area contributed by atoms with Crippen LogP contribution in [0.1, 0.15) is 56.4 Å². The highest BCUT2D eigenvalue weighted by atomic mass is 16.3. The lowest BCUT2D eigenvalue weighted by Crippen LogP contribution is -2.15. The average Bonchev–Trinajstić information content (AvgIpc) is 3.62. The maximum Gasteiger partial charge on any atom is 0.136 e. The summed E-state index contributed by atoms with van der Waals surface area (Å²) >= 11 is 0. The first-order valence-corrected chi connectivity index (χ1v) is 17.8. The van der Waals surface area contributed by atoms with Gasteiger partial charge in [0.2, 0.25) is 0 Å². The Bertz CT molecular complexity index is 2670. The number of fused-ring (bicyclic) bond motifs is 7. The molecular formula is C49H40O. The molecule has 1 heterocycles. The number of rotatable bonds is 4. The predicted octanol–water partition coefficient (Wildman–Crippen LogP) is 13.8. The molecule has 0 spiro atoms. The molecule has 0 unspecified atom stereocenters. The average molecular weight is 645 g/mol. The predicted molar refractivity (Wildman–Crippen MR) is 216 cm³/mol. The van der Waals surface area contributed by atoms with E-state index >= 15 is 0 Å². The molecule has 6 aromatic carbocycles. The minimum Gasteiger partial charge on any atom is -0.456 e. The summed E-state index contributed by atoms with van der Waals surface area (Å²) in [4.78, 5) is 0. The summed E-state index contributed by atoms with van der Waals surface area (Å²) in [6.07, 6.45) is 19.9. The SMILES string of the molecule is C/C(=C\C=C1\C=CC=CC1)c1c2ccccc2c(/C(C)=C/C=C2\Cc3cc4cc5c(cc4cc3C2(C)C)oc2ccccc25)c2ccccc12. The fraction of sp³-hybridized carbons (Fsp3) is 0.143. The summed E-state index contributed by atoms with van der Waals surface area (Å²) in [5.74, 6) is 0. The number of benzene rings is 6. The smallest absolute Gasteiger partial charge is 0.136 e. The van der Waals surface area contributed by atoms with E-state index in [0.717, 1.165) is 24.0 Å². The third-order valence-corrected chi connectivity index (χ3v) is 11.1. The first kappa shape index (κ1) is 30.4. The molecule has 0 saturated carbocycles. The van der Waals surface area contributed by atoms with Gasteiger partial charge in [-0.2, -0.15) is 0 Å². The lowest BCUT2D eigenvalue weighted by Gasteiger charge is -2.22. The fourth-order valence-electron chi connectivity index (χ4n) is 8.42. The fourth-order valence-corrected chi connectivity index (χ4v) is 8.42. The summed E-state index contributed by atoms with van der Waals surface area (Å²) in [5, 5.41) is 10.1. The Kier molecular flexibility index (Phi) is 7.14. The van der Waals surface area contributed by atoms with Crippen LogP contribution in [0.5, 0.6) is 0 Å². The van der Waals surface area contributed by atoms with E-state index in [1.807, 2.05) is 6.07 Å². The molecule has 1 heteroatoms. The van der Waals surface area contributed by atoms with Crippen molar-refractivity contribution in [2.75, 3.05) is 0 Å². The Morgan fingerprint density at radius 3 is 1.86 bits per heavy atom. The van der Waals surface area contributed by atoms with Gasteiger partial charge in [-0.25, -0.2) is 0 Å². The Morgan fingerprint density at radius 1 is 0.620 bits per heavy atom. The van der Waals surface area contributed by atoms with Gasteiger partial charge >= 0.3 is 0 Å². The van der Waals surface area contributed by atoms with Gasteiger partial charge in [-0.3, -0.25) is 0 Å². The van der Waals surface area contributed by atoms with Gasteiger partial charge in [-0.1, -0.05) is 141 Å². The summed E-state index contributed by atoms with van der Waals surface area (Å²) in [5.41, 5.74) is 12.6. The monoisotopic (exact) mass is 644 g/mol. The maximum atomic E-state index is 6.25. The zero-order valence-corrected chi connectivity index (χ0v) is 29.2. The van der Waals surface area contributed by atoms with Crippen LogP contribution in [-0.4, -0.2) is 0 Å². The van der Waals surface area contributed by atoms with Crippen molar-refractivity contribution in [1.29, 1.82) is 0 Å². The van der Waals surface area contributed by atoms with E-state index < -0.39 is 0 Å². The van der Waals surface area contributed by atoms with Crippen molar-refractivity contribution >= 4 is 65.4 Å². The number of hydrogen-bond acceptors (Lipinski definition) is 1. The summed E-state index contributed by atoms with van der Waals surface area (Å²) in [6, 6.07) is 35.6. The first-order chi connectivity index (χ1) is 24.4. The molecule has 0 fully saturated rings. The molecule has 0 saturated heterocycles. The molecule has 50 heavy (non-hydrogen) atoms. The lowest BCUT2D eigenvalue weighted by atomic mass is 9.81. The van der Waals surface area contributed by atoms with Crippen LogP contribution in [0.25, 0.3) is 65.4 Å². The quantitative estimate of drug-likeness (QED) is 0.174. The molecule has 2 aliphatic carbocycles. The molecule has 2 aliphatic rings. The molecule has 9 rings (SSSR count). The molecule has 0 aliphatic heterocycles. The van der Waals surface area contributed by atoms with Crippen molar-refractivity contribution in [2.24, 2.45) is 0 Å². The van der Waals surface area contributed by atoms with Crippen molar-refractivity contribution in [3.8, 4) is 0 Å². The minimum atomic E-state index is -0.0726. The summed E-state index contributed by atoms with van der Waals surface area (Å²) < 4.78 is 6.25. The number of hydrogen-bond donors (Lipinski definition) is 0. The van der Waals surface area contributed by atoms with Gasteiger partial charge in [-0.15, -0.1) is 0 Å². The third-order valence-electron chi connectivity index (χ3n) is 11.1. The van der Waals surface area contributed by atoms with Gasteiger partial charge in [-0.05, 0) is 122 Å². The Balaban J connectivity index is 1.13. The second kappa shape index (κ2) is 11.7. The highest BCUT2D eigenvalue weighted by Gasteiger charge is 2.34. The molecule has 1 aromatic heterocycles. The number of allylic oxidation sites excluding steroid dienone is 12. The normalized spacial score (nSPS) is 17.8. The second-order valence-electron chi connectivity index (χ2n) is 14.6. The van der Waals surface area contributed by atoms with Crippen LogP contribution in [0.3, 0.4) is 0 Å². The Hall–Kier alpha value is -5.66. The molecule has 1 nitrogen and oxygen atoms in total. The highest BCUT2D eigenvalue weighted by molar-refractivity contribution is 6.16. The molecule has 242 valence electrons.